The molecule has 4 N–H and O–H groups in total. The first-order valence-electron chi connectivity index (χ1n) is 5.05. The molecule has 0 saturated heterocycles. The summed E-state index contributed by atoms with van der Waals surface area (Å²) >= 11 is 6.59. The second-order valence-electron chi connectivity index (χ2n) is 3.37. The van der Waals surface area contributed by atoms with Gasteiger partial charge in [-0.1, -0.05) is 12.1 Å². The van der Waals surface area contributed by atoms with Gasteiger partial charge in [0, 0.05) is 0 Å². The van der Waals surface area contributed by atoms with Crippen molar-refractivity contribution in [1.82, 2.24) is 19.9 Å². The highest BCUT2D eigenvalue weighted by molar-refractivity contribution is 7.73. The van der Waals surface area contributed by atoms with Crippen LogP contribution in [0, 0.1) is 3.95 Å². The SMILES string of the molecule is O=c1[nH]c(=O)[nH]c(=O)[nH]1.S=c1[nH]c2ccccc2s1. The minimum Gasteiger partial charge on any atom is -0.337 e. The van der Waals surface area contributed by atoms with E-state index < -0.39 is 17.1 Å². The first kappa shape index (κ1) is 13.2. The van der Waals surface area contributed by atoms with Crippen LogP contribution >= 0.6 is 23.6 Å². The molecule has 0 amide bonds. The highest BCUT2D eigenvalue weighted by atomic mass is 32.1. The number of rotatable bonds is 0. The number of hydrogen-bond donors (Lipinski definition) is 4. The molecule has 0 unspecified atom stereocenters. The summed E-state index contributed by atoms with van der Waals surface area (Å²) in [4.78, 5) is 39.0. The summed E-state index contributed by atoms with van der Waals surface area (Å²) in [6, 6.07) is 8.11. The molecule has 0 fully saturated rings. The zero-order valence-corrected chi connectivity index (χ0v) is 11.0. The topological polar surface area (TPSA) is 114 Å². The van der Waals surface area contributed by atoms with E-state index in [1.54, 1.807) is 26.3 Å². The van der Waals surface area contributed by atoms with Crippen molar-refractivity contribution in [3.8, 4) is 0 Å². The summed E-state index contributed by atoms with van der Waals surface area (Å²) in [5, 5.41) is 0. The van der Waals surface area contributed by atoms with Crippen molar-refractivity contribution < 1.29 is 0 Å². The van der Waals surface area contributed by atoms with Gasteiger partial charge in [-0.05, 0) is 24.4 Å². The molecule has 0 aliphatic carbocycles. The third kappa shape index (κ3) is 3.60. The van der Waals surface area contributed by atoms with E-state index in [9.17, 15) is 14.4 Å². The molecule has 0 bridgehead atoms. The van der Waals surface area contributed by atoms with Gasteiger partial charge in [-0.2, -0.15) is 0 Å². The van der Waals surface area contributed by atoms with Crippen molar-refractivity contribution in [3.05, 3.63) is 59.7 Å². The summed E-state index contributed by atoms with van der Waals surface area (Å²) in [6.45, 7) is 0. The molecular weight excluding hydrogens is 288 g/mol. The Morgan fingerprint density at radius 3 is 1.89 bits per heavy atom. The van der Waals surface area contributed by atoms with E-state index in [2.05, 4.69) is 11.1 Å². The average molecular weight is 296 g/mol. The Morgan fingerprint density at radius 1 is 0.842 bits per heavy atom. The van der Waals surface area contributed by atoms with Gasteiger partial charge in [0.2, 0.25) is 0 Å². The Kier molecular flexibility index (Phi) is 3.88. The molecule has 3 rings (SSSR count). The number of H-pyrrole nitrogens is 4. The van der Waals surface area contributed by atoms with Crippen LogP contribution in [0.1, 0.15) is 0 Å². The third-order valence-corrected chi connectivity index (χ3v) is 3.22. The molecular formula is C10H8N4O3S2. The van der Waals surface area contributed by atoms with E-state index in [-0.39, 0.29) is 0 Å². The number of nitrogens with one attached hydrogen (secondary N) is 4. The number of thiazole rings is 1. The Bertz CT molecular complexity index is 800. The van der Waals surface area contributed by atoms with Crippen LogP contribution in [0.5, 0.6) is 0 Å². The van der Waals surface area contributed by atoms with E-state index in [4.69, 9.17) is 12.2 Å². The van der Waals surface area contributed by atoms with Crippen molar-refractivity contribution >= 4 is 33.8 Å². The van der Waals surface area contributed by atoms with Crippen molar-refractivity contribution in [1.29, 1.82) is 0 Å². The third-order valence-electron chi connectivity index (χ3n) is 2.01. The molecule has 0 atom stereocenters. The molecule has 0 spiro atoms. The van der Waals surface area contributed by atoms with Crippen molar-refractivity contribution in [3.63, 3.8) is 0 Å². The summed E-state index contributed by atoms with van der Waals surface area (Å²) in [5.74, 6) is 0. The molecule has 19 heavy (non-hydrogen) atoms. The second kappa shape index (κ2) is 5.59. The van der Waals surface area contributed by atoms with Crippen LogP contribution in [0.15, 0.2) is 38.6 Å². The lowest BCUT2D eigenvalue weighted by atomic mass is 10.3. The highest BCUT2D eigenvalue weighted by Gasteiger charge is 1.91. The minimum absolute atomic E-state index is 0.802. The zero-order chi connectivity index (χ0) is 13.8. The van der Waals surface area contributed by atoms with Crippen LogP contribution in [0.25, 0.3) is 10.2 Å². The Labute approximate surface area is 114 Å². The van der Waals surface area contributed by atoms with E-state index in [1.807, 2.05) is 18.2 Å². The van der Waals surface area contributed by atoms with E-state index in [1.165, 1.54) is 4.70 Å². The quantitative estimate of drug-likeness (QED) is 0.457. The maximum absolute atomic E-state index is 10.2. The van der Waals surface area contributed by atoms with Crippen molar-refractivity contribution in [2.45, 2.75) is 0 Å². The number of fused-ring (bicyclic) bond motifs is 1. The number of benzene rings is 1. The van der Waals surface area contributed by atoms with Gasteiger partial charge in [-0.15, -0.1) is 11.3 Å². The van der Waals surface area contributed by atoms with Crippen molar-refractivity contribution in [2.75, 3.05) is 0 Å². The van der Waals surface area contributed by atoms with Gasteiger partial charge in [-0.3, -0.25) is 15.0 Å². The van der Waals surface area contributed by atoms with Gasteiger partial charge >= 0.3 is 17.1 Å². The smallest absolute Gasteiger partial charge is 0.330 e. The predicted molar refractivity (Wildman–Crippen MR) is 75.3 cm³/mol. The molecule has 0 saturated carbocycles. The lowest BCUT2D eigenvalue weighted by molar-refractivity contribution is 0.888. The number of para-hydroxylation sites is 1. The summed E-state index contributed by atoms with van der Waals surface area (Å²) in [6.07, 6.45) is 0. The fourth-order valence-electron chi connectivity index (χ4n) is 1.30. The molecule has 0 radical (unpaired) electrons. The van der Waals surface area contributed by atoms with Gasteiger partial charge in [0.25, 0.3) is 0 Å². The van der Waals surface area contributed by atoms with Crippen LogP contribution in [-0.2, 0) is 0 Å². The highest BCUT2D eigenvalue weighted by Crippen LogP contribution is 2.17. The molecule has 9 heteroatoms. The van der Waals surface area contributed by atoms with Crippen LogP contribution in [-0.4, -0.2) is 19.9 Å². The monoisotopic (exact) mass is 296 g/mol. The fraction of sp³-hybridized carbons (Fsp3) is 0. The lowest BCUT2D eigenvalue weighted by Crippen LogP contribution is -2.34. The zero-order valence-electron chi connectivity index (χ0n) is 9.35. The largest absolute Gasteiger partial charge is 0.337 e. The van der Waals surface area contributed by atoms with Gasteiger partial charge in [0.05, 0.1) is 10.2 Å². The average Bonchev–Trinajstić information content (AvgIpc) is 2.67. The number of aromatic amines is 4. The van der Waals surface area contributed by atoms with Crippen LogP contribution in [0.4, 0.5) is 0 Å². The predicted octanol–water partition coefficient (Wildman–Crippen LogP) is 0.710. The van der Waals surface area contributed by atoms with Gasteiger partial charge in [0.15, 0.2) is 3.95 Å². The Morgan fingerprint density at radius 2 is 1.37 bits per heavy atom. The standard InChI is InChI=1S/C7H5NS2.C3H3N3O3/c9-7-8-5-3-1-2-4-6(5)10-7;7-1-4-2(8)6-3(9)5-1/h1-4H,(H,8,9);(H3,4,5,6,7,8,9). The van der Waals surface area contributed by atoms with Crippen LogP contribution in [0.2, 0.25) is 0 Å². The van der Waals surface area contributed by atoms with Crippen molar-refractivity contribution in [2.24, 2.45) is 0 Å². The molecule has 0 aliphatic rings. The summed E-state index contributed by atoms with van der Waals surface area (Å²) in [7, 11) is 0. The first-order chi connectivity index (χ1) is 9.04. The molecule has 7 nitrogen and oxygen atoms in total. The van der Waals surface area contributed by atoms with E-state index >= 15 is 0 Å². The second-order valence-corrected chi connectivity index (χ2v) is 5.09. The summed E-state index contributed by atoms with van der Waals surface area (Å²) < 4.78 is 2.08. The lowest BCUT2D eigenvalue weighted by Gasteiger charge is -1.81. The number of aromatic nitrogens is 4. The molecule has 98 valence electrons. The van der Waals surface area contributed by atoms with Gasteiger partial charge in [0.1, 0.15) is 0 Å². The normalized spacial score (nSPS) is 9.89. The molecule has 2 aromatic heterocycles. The van der Waals surface area contributed by atoms with Crippen LogP contribution < -0.4 is 17.1 Å². The molecule has 2 heterocycles. The first-order valence-corrected chi connectivity index (χ1v) is 6.28. The fourth-order valence-corrected chi connectivity index (χ4v) is 2.41. The minimum atomic E-state index is -0.802. The van der Waals surface area contributed by atoms with Gasteiger partial charge in [-0.25, -0.2) is 14.4 Å². The Balaban J connectivity index is 0.000000141. The van der Waals surface area contributed by atoms with E-state index in [0.717, 1.165) is 9.47 Å². The van der Waals surface area contributed by atoms with Crippen LogP contribution in [0.3, 0.4) is 0 Å². The maximum atomic E-state index is 10.2. The van der Waals surface area contributed by atoms with Gasteiger partial charge < -0.3 is 4.98 Å². The maximum Gasteiger partial charge on any atom is 0.330 e. The molecule has 1 aromatic carbocycles. The number of hydrogen-bond acceptors (Lipinski definition) is 5. The van der Waals surface area contributed by atoms with E-state index in [0.29, 0.717) is 0 Å². The summed E-state index contributed by atoms with van der Waals surface area (Å²) in [5.41, 5.74) is -1.27. The molecule has 0 aliphatic heterocycles. The molecule has 3 aromatic rings. The Hall–Kier alpha value is -2.26.